The van der Waals surface area contributed by atoms with Crippen LogP contribution in [0.5, 0.6) is 0 Å². The van der Waals surface area contributed by atoms with E-state index in [0.29, 0.717) is 6.54 Å². The van der Waals surface area contributed by atoms with Gasteiger partial charge in [0.1, 0.15) is 0 Å². The lowest BCUT2D eigenvalue weighted by Crippen LogP contribution is -2.62. The predicted molar refractivity (Wildman–Crippen MR) is 80.5 cm³/mol. The molecule has 2 atom stereocenters. The van der Waals surface area contributed by atoms with Crippen molar-refractivity contribution in [1.29, 1.82) is 0 Å². The van der Waals surface area contributed by atoms with Gasteiger partial charge >= 0.3 is 0 Å². The van der Waals surface area contributed by atoms with Gasteiger partial charge in [-0.2, -0.15) is 0 Å². The van der Waals surface area contributed by atoms with Crippen LogP contribution >= 0.6 is 0 Å². The first-order valence-corrected chi connectivity index (χ1v) is 8.93. The van der Waals surface area contributed by atoms with Gasteiger partial charge < -0.3 is 10.6 Å². The maximum absolute atomic E-state index is 11.7. The van der Waals surface area contributed by atoms with E-state index < -0.39 is 9.84 Å². The molecule has 3 fully saturated rings. The van der Waals surface area contributed by atoms with Gasteiger partial charge in [0, 0.05) is 19.6 Å². The molecule has 1 aromatic carbocycles. The molecule has 0 radical (unpaired) electrons. The number of piperidine rings is 1. The lowest BCUT2D eigenvalue weighted by Gasteiger charge is -2.46. The predicted octanol–water partition coefficient (Wildman–Crippen LogP) is 0.602. The Labute approximate surface area is 120 Å². The van der Waals surface area contributed by atoms with Crippen LogP contribution in [0.4, 0.5) is 0 Å². The molecule has 0 aliphatic carbocycles. The van der Waals surface area contributed by atoms with Crippen molar-refractivity contribution < 1.29 is 8.42 Å². The Morgan fingerprint density at radius 1 is 1.05 bits per heavy atom. The van der Waals surface area contributed by atoms with Gasteiger partial charge in [-0.15, -0.1) is 0 Å². The molecule has 4 nitrogen and oxygen atoms in total. The number of hydrogen-bond donors (Lipinski definition) is 1. The molecule has 2 bridgehead atoms. The van der Waals surface area contributed by atoms with Crippen LogP contribution in [0.3, 0.4) is 0 Å². The molecular weight excluding hydrogens is 272 g/mol. The van der Waals surface area contributed by atoms with Gasteiger partial charge in [-0.25, -0.2) is 8.42 Å². The molecule has 4 rings (SSSR count). The highest BCUT2D eigenvalue weighted by atomic mass is 32.2. The maximum Gasteiger partial charge on any atom is 0.158 e. The van der Waals surface area contributed by atoms with Gasteiger partial charge in [0.25, 0.3) is 0 Å². The van der Waals surface area contributed by atoms with Crippen molar-refractivity contribution in [3.63, 3.8) is 0 Å². The zero-order valence-electron chi connectivity index (χ0n) is 11.7. The quantitative estimate of drug-likeness (QED) is 0.864. The van der Waals surface area contributed by atoms with Gasteiger partial charge in [-0.05, 0) is 36.9 Å². The average molecular weight is 294 g/mol. The second kappa shape index (κ2) is 5.47. The summed E-state index contributed by atoms with van der Waals surface area (Å²) in [6, 6.07) is 8.60. The van der Waals surface area contributed by atoms with Gasteiger partial charge in [0.05, 0.1) is 10.5 Å². The molecule has 0 amide bonds. The highest BCUT2D eigenvalue weighted by Crippen LogP contribution is 2.35. The number of rotatable bonds is 5. The van der Waals surface area contributed by atoms with Crippen LogP contribution in [0.1, 0.15) is 17.5 Å². The first kappa shape index (κ1) is 14.0. The van der Waals surface area contributed by atoms with E-state index in [0.717, 1.165) is 38.9 Å². The minimum atomic E-state index is -2.75. The summed E-state index contributed by atoms with van der Waals surface area (Å²) in [6.45, 7) is 3.09. The molecule has 1 aromatic rings. The molecule has 0 aromatic heterocycles. The fourth-order valence-electron chi connectivity index (χ4n) is 3.23. The fraction of sp³-hybridized carbons (Fsp3) is 0.600. The molecule has 3 heterocycles. The monoisotopic (exact) mass is 294 g/mol. The molecule has 5 heteroatoms. The minimum absolute atomic E-state index is 0.0896. The van der Waals surface area contributed by atoms with Crippen molar-refractivity contribution >= 4 is 9.84 Å². The van der Waals surface area contributed by atoms with Gasteiger partial charge in [-0.3, -0.25) is 0 Å². The van der Waals surface area contributed by atoms with E-state index in [1.54, 1.807) is 0 Å². The smallest absolute Gasteiger partial charge is 0.158 e. The molecule has 20 heavy (non-hydrogen) atoms. The van der Waals surface area contributed by atoms with E-state index in [-0.39, 0.29) is 10.5 Å². The molecular formula is C15H22N2O2S. The Kier molecular flexibility index (Phi) is 3.84. The normalized spacial score (nSPS) is 28.1. The van der Waals surface area contributed by atoms with Crippen LogP contribution in [-0.2, 0) is 22.7 Å². The first-order chi connectivity index (χ1) is 9.59. The molecule has 3 aliphatic heterocycles. The van der Waals surface area contributed by atoms with Crippen LogP contribution in [0.15, 0.2) is 24.3 Å². The lowest BCUT2D eigenvalue weighted by atomic mass is 10.1. The number of sulfone groups is 1. The Balaban J connectivity index is 1.51. The van der Waals surface area contributed by atoms with Crippen molar-refractivity contribution in [2.75, 3.05) is 26.2 Å². The zero-order chi connectivity index (χ0) is 14.2. The molecule has 0 saturated carbocycles. The summed E-state index contributed by atoms with van der Waals surface area (Å²) in [4.78, 5) is 2.30. The summed E-state index contributed by atoms with van der Waals surface area (Å²) in [7, 11) is -2.75. The molecule has 2 N–H and O–H groups in total. The van der Waals surface area contributed by atoms with Crippen LogP contribution < -0.4 is 5.73 Å². The Morgan fingerprint density at radius 2 is 1.60 bits per heavy atom. The topological polar surface area (TPSA) is 63.4 Å². The Bertz CT molecular complexity index is 550. The molecule has 3 saturated heterocycles. The van der Waals surface area contributed by atoms with Crippen LogP contribution in [0.2, 0.25) is 0 Å². The summed E-state index contributed by atoms with van der Waals surface area (Å²) in [5, 5.41) is -0.179. The van der Waals surface area contributed by atoms with Crippen molar-refractivity contribution in [1.82, 2.24) is 4.90 Å². The highest BCUT2D eigenvalue weighted by molar-refractivity contribution is 7.94. The van der Waals surface area contributed by atoms with Gasteiger partial charge in [0.15, 0.2) is 9.84 Å². The average Bonchev–Trinajstić information content (AvgIpc) is 2.47. The minimum Gasteiger partial charge on any atom is -0.330 e. The molecule has 2 unspecified atom stereocenters. The van der Waals surface area contributed by atoms with Crippen molar-refractivity contribution in [2.24, 2.45) is 5.73 Å². The second-order valence-electron chi connectivity index (χ2n) is 5.93. The van der Waals surface area contributed by atoms with Crippen LogP contribution in [0, 0.1) is 0 Å². The van der Waals surface area contributed by atoms with E-state index >= 15 is 0 Å². The fourth-order valence-corrected chi connectivity index (χ4v) is 5.25. The maximum atomic E-state index is 11.7. The van der Waals surface area contributed by atoms with Crippen LogP contribution in [0.25, 0.3) is 0 Å². The van der Waals surface area contributed by atoms with E-state index in [2.05, 4.69) is 29.2 Å². The molecule has 110 valence electrons. The van der Waals surface area contributed by atoms with E-state index in [9.17, 15) is 8.42 Å². The Morgan fingerprint density at radius 3 is 2.10 bits per heavy atom. The van der Waals surface area contributed by atoms with Crippen LogP contribution in [-0.4, -0.2) is 50.0 Å². The van der Waals surface area contributed by atoms with E-state index in [1.807, 2.05) is 0 Å². The first-order valence-electron chi connectivity index (χ1n) is 7.32. The molecule has 0 spiro atoms. The third-order valence-electron chi connectivity index (χ3n) is 4.55. The third kappa shape index (κ3) is 2.62. The van der Waals surface area contributed by atoms with Crippen molar-refractivity contribution in [3.8, 4) is 0 Å². The SMILES string of the molecule is NCCc1ccc(CCN2CC3CC(C2)S3(=O)=O)cc1. The zero-order valence-corrected chi connectivity index (χ0v) is 12.5. The number of benzene rings is 1. The van der Waals surface area contributed by atoms with Gasteiger partial charge in [-0.1, -0.05) is 24.3 Å². The molecule has 3 aliphatic rings. The van der Waals surface area contributed by atoms with Crippen molar-refractivity contribution in [2.45, 2.75) is 29.8 Å². The standard InChI is InChI=1S/C15H22N2O2S/c16-7-5-12-1-3-13(4-2-12)6-8-17-10-14-9-15(11-17)20(14,18)19/h1-4,14-15H,5-11,16H2. The number of nitrogens with zero attached hydrogens (tertiary/aromatic N) is 1. The third-order valence-corrected chi connectivity index (χ3v) is 7.09. The summed E-state index contributed by atoms with van der Waals surface area (Å²) in [5.74, 6) is 0. The number of hydrogen-bond acceptors (Lipinski definition) is 4. The van der Waals surface area contributed by atoms with Crippen molar-refractivity contribution in [3.05, 3.63) is 35.4 Å². The Hall–Kier alpha value is -0.910. The highest BCUT2D eigenvalue weighted by Gasteiger charge is 2.51. The summed E-state index contributed by atoms with van der Waals surface area (Å²) < 4.78 is 23.4. The lowest BCUT2D eigenvalue weighted by molar-refractivity contribution is 0.211. The second-order valence-corrected chi connectivity index (χ2v) is 8.44. The number of fused-ring (bicyclic) bond motifs is 2. The number of nitrogens with two attached hydrogens (primary N) is 1. The van der Waals surface area contributed by atoms with E-state index in [1.165, 1.54) is 11.1 Å². The summed E-state index contributed by atoms with van der Waals surface area (Å²) in [5.41, 5.74) is 8.13. The summed E-state index contributed by atoms with van der Waals surface area (Å²) >= 11 is 0. The van der Waals surface area contributed by atoms with Gasteiger partial charge in [0.2, 0.25) is 0 Å². The summed E-state index contributed by atoms with van der Waals surface area (Å²) in [6.07, 6.45) is 2.79. The van der Waals surface area contributed by atoms with E-state index in [4.69, 9.17) is 5.73 Å². The largest absolute Gasteiger partial charge is 0.330 e.